The van der Waals surface area contributed by atoms with Gasteiger partial charge in [0.25, 0.3) is 5.60 Å². The van der Waals surface area contributed by atoms with Crippen LogP contribution < -0.4 is 0 Å². The van der Waals surface area contributed by atoms with Gasteiger partial charge in [0.2, 0.25) is 0 Å². The van der Waals surface area contributed by atoms with Crippen LogP contribution in [-0.2, 0) is 34.1 Å². The van der Waals surface area contributed by atoms with Gasteiger partial charge >= 0.3 is 24.2 Å². The van der Waals surface area contributed by atoms with E-state index in [2.05, 4.69) is 6.92 Å². The fourth-order valence-corrected chi connectivity index (χ4v) is 5.98. The fraction of sp³-hybridized carbons (Fsp3) is 0.667. The Morgan fingerprint density at radius 3 is 2.20 bits per heavy atom. The molecule has 0 aromatic heterocycles. The number of nitrogens with zero attached hydrogens (tertiary/aromatic N) is 1. The summed E-state index contributed by atoms with van der Waals surface area (Å²) in [6, 6.07) is 6.12. The third-order valence-corrected chi connectivity index (χ3v) is 8.34. The van der Waals surface area contributed by atoms with Crippen molar-refractivity contribution in [2.24, 2.45) is 0 Å². The van der Waals surface area contributed by atoms with Crippen molar-refractivity contribution in [2.45, 2.75) is 121 Å². The molecule has 0 bridgehead atoms. The molecule has 0 spiro atoms. The predicted molar refractivity (Wildman–Crippen MR) is 158 cm³/mol. The smallest absolute Gasteiger partial charge is 0.432 e. The summed E-state index contributed by atoms with van der Waals surface area (Å²) < 4.78 is 65.1. The van der Waals surface area contributed by atoms with E-state index in [9.17, 15) is 27.6 Å². The molecule has 3 rings (SSSR count). The molecular formula is C33H46F3NO7. The number of halogens is 3. The number of unbranched alkanes of at least 4 members (excludes halogenated alkanes) is 9. The maximum absolute atomic E-state index is 14.6. The molecule has 2 aliphatic rings. The first-order chi connectivity index (χ1) is 21.0. The number of carbonyl (C=O) groups excluding carboxylic acids is 3. The molecule has 0 radical (unpaired) electrons. The molecule has 44 heavy (non-hydrogen) atoms. The highest BCUT2D eigenvalue weighted by molar-refractivity contribution is 5.83. The molecule has 11 heteroatoms. The lowest BCUT2D eigenvalue weighted by molar-refractivity contribution is -0.277. The van der Waals surface area contributed by atoms with Gasteiger partial charge in [-0.1, -0.05) is 95.0 Å². The van der Waals surface area contributed by atoms with E-state index in [1.807, 2.05) is 0 Å². The van der Waals surface area contributed by atoms with Crippen molar-refractivity contribution in [1.29, 1.82) is 0 Å². The summed E-state index contributed by atoms with van der Waals surface area (Å²) in [5.41, 5.74) is -3.15. The molecule has 8 nitrogen and oxygen atoms in total. The minimum atomic E-state index is -5.11. The third kappa shape index (κ3) is 8.99. The van der Waals surface area contributed by atoms with E-state index in [1.54, 1.807) is 12.1 Å². The van der Waals surface area contributed by atoms with Gasteiger partial charge in [0.1, 0.15) is 24.9 Å². The molecule has 0 unspecified atom stereocenters. The van der Waals surface area contributed by atoms with Crippen molar-refractivity contribution in [3.8, 4) is 0 Å². The summed E-state index contributed by atoms with van der Waals surface area (Å²) in [5.74, 6) is -2.15. The standard InChI is InChI=1S/C33H46F3NO7/c1-4-5-6-7-8-9-10-11-12-16-19-27(22-25-20-21-37-28(23-42-31(37)40)29(25)43-24(2)38)44-30(39)32(41-3,33(34,35)36)26-17-14-13-15-18-26/h13-15,17-18,22,27-29H,4-12,16,19-21,23H2,1-3H3/b25-22+/t27-,28+,29-,32+/m1/s1. The molecule has 1 amide bonds. The Kier molecular flexibility index (Phi) is 13.5. The molecule has 1 aromatic carbocycles. The molecular weight excluding hydrogens is 579 g/mol. The van der Waals surface area contributed by atoms with Crippen molar-refractivity contribution in [1.82, 2.24) is 4.90 Å². The van der Waals surface area contributed by atoms with Gasteiger partial charge in [-0.3, -0.25) is 9.69 Å². The number of ether oxygens (including phenoxy) is 4. The first kappa shape index (κ1) is 35.4. The second-order valence-electron chi connectivity index (χ2n) is 11.5. The number of piperidine rings is 1. The second kappa shape index (κ2) is 16.8. The highest BCUT2D eigenvalue weighted by atomic mass is 19.4. The summed E-state index contributed by atoms with van der Waals surface area (Å²) in [6.07, 6.45) is 5.30. The lowest BCUT2D eigenvalue weighted by Gasteiger charge is -2.36. The van der Waals surface area contributed by atoms with E-state index in [4.69, 9.17) is 18.9 Å². The zero-order chi connectivity index (χ0) is 32.2. The molecule has 2 heterocycles. The van der Waals surface area contributed by atoms with Crippen LogP contribution in [0.15, 0.2) is 42.0 Å². The minimum absolute atomic E-state index is 0.00584. The van der Waals surface area contributed by atoms with E-state index in [0.29, 0.717) is 12.0 Å². The van der Waals surface area contributed by atoms with Gasteiger partial charge in [0.15, 0.2) is 0 Å². The van der Waals surface area contributed by atoms with Crippen LogP contribution in [0.2, 0.25) is 0 Å². The van der Waals surface area contributed by atoms with Gasteiger partial charge in [0, 0.05) is 26.1 Å². The Morgan fingerprint density at radius 2 is 1.64 bits per heavy atom. The van der Waals surface area contributed by atoms with E-state index >= 15 is 0 Å². The largest absolute Gasteiger partial charge is 0.456 e. The van der Waals surface area contributed by atoms with E-state index < -0.39 is 53.6 Å². The Bertz CT molecular complexity index is 1110. The number of fused-ring (bicyclic) bond motifs is 1. The number of hydrogen-bond acceptors (Lipinski definition) is 7. The molecule has 1 aromatic rings. The number of amides is 1. The maximum atomic E-state index is 14.6. The van der Waals surface area contributed by atoms with Crippen LogP contribution in [0.3, 0.4) is 0 Å². The predicted octanol–water partition coefficient (Wildman–Crippen LogP) is 7.40. The van der Waals surface area contributed by atoms with Crippen molar-refractivity contribution >= 4 is 18.0 Å². The Morgan fingerprint density at radius 1 is 1.02 bits per heavy atom. The number of hydrogen-bond donors (Lipinski definition) is 0. The summed E-state index contributed by atoms with van der Waals surface area (Å²) >= 11 is 0. The van der Waals surface area contributed by atoms with E-state index in [0.717, 1.165) is 32.8 Å². The van der Waals surface area contributed by atoms with Crippen LogP contribution in [0.25, 0.3) is 0 Å². The number of benzene rings is 1. The van der Waals surface area contributed by atoms with Gasteiger partial charge in [-0.15, -0.1) is 0 Å². The number of methoxy groups -OCH3 is 1. The van der Waals surface area contributed by atoms with Gasteiger partial charge in [-0.25, -0.2) is 9.59 Å². The quantitative estimate of drug-likeness (QED) is 0.0771. The van der Waals surface area contributed by atoms with Crippen LogP contribution in [0.4, 0.5) is 18.0 Å². The van der Waals surface area contributed by atoms with Crippen LogP contribution in [0.5, 0.6) is 0 Å². The van der Waals surface area contributed by atoms with Crippen LogP contribution >= 0.6 is 0 Å². The van der Waals surface area contributed by atoms with Gasteiger partial charge in [-0.2, -0.15) is 13.2 Å². The first-order valence-corrected chi connectivity index (χ1v) is 15.7. The zero-order valence-corrected chi connectivity index (χ0v) is 26.0. The lowest BCUT2D eigenvalue weighted by atomic mass is 9.91. The molecule has 2 fully saturated rings. The highest BCUT2D eigenvalue weighted by Crippen LogP contribution is 2.43. The van der Waals surface area contributed by atoms with Crippen LogP contribution in [0.1, 0.15) is 96.5 Å². The summed E-state index contributed by atoms with van der Waals surface area (Å²) in [7, 11) is 0.834. The maximum Gasteiger partial charge on any atom is 0.432 e. The molecule has 2 saturated heterocycles. The Balaban J connectivity index is 1.81. The first-order valence-electron chi connectivity index (χ1n) is 15.7. The molecule has 2 aliphatic heterocycles. The van der Waals surface area contributed by atoms with Crippen molar-refractivity contribution in [2.75, 3.05) is 20.3 Å². The molecule has 0 saturated carbocycles. The van der Waals surface area contributed by atoms with E-state index in [1.165, 1.54) is 68.2 Å². The molecule has 0 N–H and O–H groups in total. The third-order valence-electron chi connectivity index (χ3n) is 8.34. The normalized spacial score (nSPS) is 21.4. The number of alkyl halides is 3. The van der Waals surface area contributed by atoms with Crippen LogP contribution in [0, 0.1) is 0 Å². The summed E-state index contributed by atoms with van der Waals surface area (Å²) in [4.78, 5) is 39.1. The van der Waals surface area contributed by atoms with Crippen molar-refractivity contribution in [3.63, 3.8) is 0 Å². The minimum Gasteiger partial charge on any atom is -0.456 e. The number of rotatable bonds is 17. The second-order valence-corrected chi connectivity index (χ2v) is 11.5. The number of esters is 2. The highest BCUT2D eigenvalue weighted by Gasteiger charge is 2.64. The monoisotopic (exact) mass is 625 g/mol. The van der Waals surface area contributed by atoms with Gasteiger partial charge < -0.3 is 18.9 Å². The SMILES string of the molecule is CCCCCCCCCCCC[C@H](/C=C1\CCN2C(=O)OC[C@H]2[C@@H]1OC(C)=O)OC(=O)[C@@](OC)(c1ccccc1)C(F)(F)F. The molecule has 0 aliphatic carbocycles. The Hall–Kier alpha value is -3.08. The fourth-order valence-electron chi connectivity index (χ4n) is 5.98. The average Bonchev–Trinajstić information content (AvgIpc) is 3.36. The van der Waals surface area contributed by atoms with Crippen LogP contribution in [-0.4, -0.2) is 67.6 Å². The lowest BCUT2D eigenvalue weighted by Crippen LogP contribution is -2.52. The molecule has 246 valence electrons. The average molecular weight is 626 g/mol. The topological polar surface area (TPSA) is 91.4 Å². The van der Waals surface area contributed by atoms with Gasteiger partial charge in [0.05, 0.1) is 0 Å². The van der Waals surface area contributed by atoms with Gasteiger partial charge in [-0.05, 0) is 30.9 Å². The van der Waals surface area contributed by atoms with E-state index in [-0.39, 0.29) is 26.0 Å². The summed E-state index contributed by atoms with van der Waals surface area (Å²) in [6.45, 7) is 3.71. The Labute approximate surface area is 258 Å². The summed E-state index contributed by atoms with van der Waals surface area (Å²) in [5, 5.41) is 0. The van der Waals surface area contributed by atoms with Crippen molar-refractivity contribution < 1.29 is 46.5 Å². The number of cyclic esters (lactones) is 1. The number of carbonyl (C=O) groups is 3. The zero-order valence-electron chi connectivity index (χ0n) is 26.0. The molecule has 4 atom stereocenters. The van der Waals surface area contributed by atoms with Crippen molar-refractivity contribution in [3.05, 3.63) is 47.5 Å².